The average molecular weight is 286 g/mol. The van der Waals surface area contributed by atoms with Crippen molar-refractivity contribution in [2.75, 3.05) is 19.3 Å². The van der Waals surface area contributed by atoms with E-state index in [1.54, 1.807) is 31.2 Å². The first kappa shape index (κ1) is 15.6. The molecule has 1 rings (SSSR count). The maximum absolute atomic E-state index is 11.4. The van der Waals surface area contributed by atoms with Gasteiger partial charge in [0.15, 0.2) is 0 Å². The first-order valence-corrected chi connectivity index (χ1v) is 7.59. The van der Waals surface area contributed by atoms with Crippen LogP contribution in [0.3, 0.4) is 0 Å². The Morgan fingerprint density at radius 1 is 1.32 bits per heavy atom. The topological polar surface area (TPSA) is 95.5 Å². The monoisotopic (exact) mass is 286 g/mol. The number of rotatable bonds is 6. The summed E-state index contributed by atoms with van der Waals surface area (Å²) in [6, 6.07) is 8.91. The van der Waals surface area contributed by atoms with Gasteiger partial charge in [0.2, 0.25) is 15.9 Å². The molecule has 0 heterocycles. The Morgan fingerprint density at radius 2 is 1.89 bits per heavy atom. The highest BCUT2D eigenvalue weighted by atomic mass is 32.2. The molecule has 6 nitrogen and oxygen atoms in total. The average Bonchev–Trinajstić information content (AvgIpc) is 2.34. The zero-order valence-electron chi connectivity index (χ0n) is 10.9. The fourth-order valence-corrected chi connectivity index (χ4v) is 1.82. The van der Waals surface area contributed by atoms with Crippen LogP contribution in [0.1, 0.15) is 12.5 Å². The zero-order valence-corrected chi connectivity index (χ0v) is 11.7. The van der Waals surface area contributed by atoms with Gasteiger partial charge < -0.3 is 10.4 Å². The fourth-order valence-electron chi connectivity index (χ4n) is 1.43. The maximum Gasteiger partial charge on any atom is 0.235 e. The molecule has 1 aromatic rings. The van der Waals surface area contributed by atoms with E-state index in [2.05, 4.69) is 10.0 Å². The molecule has 106 valence electrons. The van der Waals surface area contributed by atoms with Crippen molar-refractivity contribution in [3.8, 4) is 0 Å². The van der Waals surface area contributed by atoms with Gasteiger partial charge >= 0.3 is 0 Å². The van der Waals surface area contributed by atoms with Gasteiger partial charge in [-0.05, 0) is 12.5 Å². The lowest BCUT2D eigenvalue weighted by molar-refractivity contribution is -0.121. The Morgan fingerprint density at radius 3 is 2.42 bits per heavy atom. The smallest absolute Gasteiger partial charge is 0.235 e. The third-order valence-corrected chi connectivity index (χ3v) is 3.19. The SMILES string of the molecule is CC(O)(CNC(=O)CNS(C)(=O)=O)c1ccccc1. The third-order valence-electron chi connectivity index (χ3n) is 2.52. The Bertz CT molecular complexity index is 526. The van der Waals surface area contributed by atoms with Crippen molar-refractivity contribution in [3.05, 3.63) is 35.9 Å². The summed E-state index contributed by atoms with van der Waals surface area (Å²) in [6.45, 7) is 1.23. The molecule has 7 heteroatoms. The lowest BCUT2D eigenvalue weighted by atomic mass is 9.96. The normalized spacial score (nSPS) is 14.7. The van der Waals surface area contributed by atoms with Crippen molar-refractivity contribution in [1.82, 2.24) is 10.0 Å². The predicted octanol–water partition coefficient (Wildman–Crippen LogP) is -0.440. The molecule has 0 aliphatic carbocycles. The molecule has 1 amide bonds. The van der Waals surface area contributed by atoms with Crippen molar-refractivity contribution in [1.29, 1.82) is 0 Å². The highest BCUT2D eigenvalue weighted by Gasteiger charge is 2.23. The molecule has 0 saturated carbocycles. The minimum atomic E-state index is -3.40. The molecule has 0 bridgehead atoms. The standard InChI is InChI=1S/C12H18N2O4S/c1-12(16,10-6-4-3-5-7-10)9-13-11(15)8-14-19(2,17)18/h3-7,14,16H,8-9H2,1-2H3,(H,13,15). The van der Waals surface area contributed by atoms with Crippen LogP contribution in [0.15, 0.2) is 30.3 Å². The molecule has 1 unspecified atom stereocenters. The van der Waals surface area contributed by atoms with Crippen molar-refractivity contribution >= 4 is 15.9 Å². The van der Waals surface area contributed by atoms with Gasteiger partial charge in [0.25, 0.3) is 0 Å². The second kappa shape index (κ2) is 6.14. The molecule has 0 aliphatic heterocycles. The van der Waals surface area contributed by atoms with E-state index in [9.17, 15) is 18.3 Å². The van der Waals surface area contributed by atoms with Crippen LogP contribution in [0, 0.1) is 0 Å². The highest BCUT2D eigenvalue weighted by Crippen LogP contribution is 2.18. The van der Waals surface area contributed by atoms with Crippen LogP contribution in [0.4, 0.5) is 0 Å². The molecule has 0 spiro atoms. The van der Waals surface area contributed by atoms with Gasteiger partial charge in [-0.25, -0.2) is 13.1 Å². The molecule has 1 atom stereocenters. The molecule has 0 saturated heterocycles. The van der Waals surface area contributed by atoms with E-state index < -0.39 is 21.5 Å². The maximum atomic E-state index is 11.4. The molecule has 0 radical (unpaired) electrons. The predicted molar refractivity (Wildman–Crippen MR) is 71.9 cm³/mol. The molecule has 1 aromatic carbocycles. The first-order valence-electron chi connectivity index (χ1n) is 5.70. The highest BCUT2D eigenvalue weighted by molar-refractivity contribution is 7.88. The Balaban J connectivity index is 2.50. The van der Waals surface area contributed by atoms with E-state index in [1.807, 2.05) is 6.07 Å². The van der Waals surface area contributed by atoms with Crippen molar-refractivity contribution in [2.45, 2.75) is 12.5 Å². The molecule has 0 aliphatic rings. The van der Waals surface area contributed by atoms with Crippen molar-refractivity contribution < 1.29 is 18.3 Å². The van der Waals surface area contributed by atoms with Crippen LogP contribution in [0.5, 0.6) is 0 Å². The number of carbonyl (C=O) groups excluding carboxylic acids is 1. The number of sulfonamides is 1. The lowest BCUT2D eigenvalue weighted by Crippen LogP contribution is -2.43. The molecule has 19 heavy (non-hydrogen) atoms. The van der Waals surface area contributed by atoms with Gasteiger partial charge in [-0.1, -0.05) is 30.3 Å². The van der Waals surface area contributed by atoms with Gasteiger partial charge in [0.1, 0.15) is 5.60 Å². The summed E-state index contributed by atoms with van der Waals surface area (Å²) in [5.74, 6) is -0.498. The Kier molecular flexibility index (Phi) is 5.04. The number of aliphatic hydroxyl groups is 1. The quantitative estimate of drug-likeness (QED) is 0.660. The van der Waals surface area contributed by atoms with Crippen LogP contribution < -0.4 is 10.0 Å². The third kappa shape index (κ3) is 5.82. The van der Waals surface area contributed by atoms with Crippen LogP contribution >= 0.6 is 0 Å². The first-order chi connectivity index (χ1) is 8.71. The van der Waals surface area contributed by atoms with Crippen LogP contribution in [0.2, 0.25) is 0 Å². The summed E-state index contributed by atoms with van der Waals surface area (Å²) in [6.07, 6.45) is 0.973. The Labute approximate surface area is 112 Å². The number of nitrogens with one attached hydrogen (secondary N) is 2. The summed E-state index contributed by atoms with van der Waals surface area (Å²) in [4.78, 5) is 11.4. The molecule has 0 aromatic heterocycles. The van der Waals surface area contributed by atoms with Crippen LogP contribution in [0.25, 0.3) is 0 Å². The van der Waals surface area contributed by atoms with Crippen molar-refractivity contribution in [3.63, 3.8) is 0 Å². The minimum absolute atomic E-state index is 0.00128. The van der Waals surface area contributed by atoms with Crippen LogP contribution in [-0.2, 0) is 20.4 Å². The van der Waals surface area contributed by atoms with E-state index in [4.69, 9.17) is 0 Å². The molecule has 0 fully saturated rings. The summed E-state index contributed by atoms with van der Waals surface area (Å²) in [7, 11) is -3.40. The minimum Gasteiger partial charge on any atom is -0.384 e. The zero-order chi connectivity index (χ0) is 14.5. The summed E-state index contributed by atoms with van der Waals surface area (Å²) >= 11 is 0. The Hall–Kier alpha value is -1.44. The van der Waals surface area contributed by atoms with E-state index >= 15 is 0 Å². The van der Waals surface area contributed by atoms with Crippen LogP contribution in [-0.4, -0.2) is 38.8 Å². The van der Waals surface area contributed by atoms with Gasteiger partial charge in [0.05, 0.1) is 19.3 Å². The molecular weight excluding hydrogens is 268 g/mol. The number of hydrogen-bond acceptors (Lipinski definition) is 4. The summed E-state index contributed by atoms with van der Waals surface area (Å²) < 4.78 is 23.7. The number of carbonyl (C=O) groups is 1. The largest absolute Gasteiger partial charge is 0.384 e. The number of benzene rings is 1. The molecule has 3 N–H and O–H groups in total. The lowest BCUT2D eigenvalue weighted by Gasteiger charge is -2.24. The second-order valence-corrected chi connectivity index (χ2v) is 6.34. The summed E-state index contributed by atoms with van der Waals surface area (Å²) in [5, 5.41) is 12.7. The number of hydrogen-bond donors (Lipinski definition) is 3. The number of amides is 1. The molecular formula is C12H18N2O4S. The van der Waals surface area contributed by atoms with Gasteiger partial charge in [0, 0.05) is 0 Å². The van der Waals surface area contributed by atoms with Gasteiger partial charge in [-0.3, -0.25) is 4.79 Å². The van der Waals surface area contributed by atoms with Gasteiger partial charge in [-0.2, -0.15) is 0 Å². The van der Waals surface area contributed by atoms with E-state index in [0.29, 0.717) is 5.56 Å². The van der Waals surface area contributed by atoms with E-state index in [1.165, 1.54) is 0 Å². The van der Waals surface area contributed by atoms with E-state index in [0.717, 1.165) is 6.26 Å². The second-order valence-electron chi connectivity index (χ2n) is 4.51. The van der Waals surface area contributed by atoms with Gasteiger partial charge in [-0.15, -0.1) is 0 Å². The van der Waals surface area contributed by atoms with E-state index in [-0.39, 0.29) is 13.1 Å². The fraction of sp³-hybridized carbons (Fsp3) is 0.417. The van der Waals surface area contributed by atoms with Crippen molar-refractivity contribution in [2.24, 2.45) is 0 Å². The summed E-state index contributed by atoms with van der Waals surface area (Å²) in [5.41, 5.74) is -0.534.